The van der Waals surface area contributed by atoms with Crippen LogP contribution in [0.2, 0.25) is 0 Å². The Bertz CT molecular complexity index is 373. The molecule has 3 aliphatic carbocycles. The van der Waals surface area contributed by atoms with Crippen molar-refractivity contribution in [3.05, 3.63) is 0 Å². The fourth-order valence-corrected chi connectivity index (χ4v) is 5.99. The predicted molar refractivity (Wildman–Crippen MR) is 70.9 cm³/mol. The molecule has 3 aliphatic rings. The summed E-state index contributed by atoms with van der Waals surface area (Å²) in [5, 5.41) is 0. The number of ether oxygens (including phenoxy) is 1. The fraction of sp³-hybridized carbons (Fsp3) is 0.938. The molecule has 0 aromatic rings. The summed E-state index contributed by atoms with van der Waals surface area (Å²) in [6.45, 7) is 7.22. The van der Waals surface area contributed by atoms with Gasteiger partial charge in [0.1, 0.15) is 0 Å². The van der Waals surface area contributed by atoms with Gasteiger partial charge in [0.15, 0.2) is 0 Å². The second-order valence-electron chi connectivity index (χ2n) is 7.72. The van der Waals surface area contributed by atoms with Crippen molar-refractivity contribution in [2.45, 2.75) is 52.9 Å². The van der Waals surface area contributed by atoms with Gasteiger partial charge in [-0.25, -0.2) is 0 Å². The molecule has 3 fully saturated rings. The van der Waals surface area contributed by atoms with E-state index < -0.39 is 0 Å². The summed E-state index contributed by atoms with van der Waals surface area (Å²) in [5.41, 5.74) is 0.626. The molecule has 102 valence electrons. The highest BCUT2D eigenvalue weighted by Crippen LogP contribution is 2.70. The molecule has 0 saturated heterocycles. The van der Waals surface area contributed by atoms with Gasteiger partial charge in [-0.05, 0) is 54.3 Å². The van der Waals surface area contributed by atoms with E-state index in [0.29, 0.717) is 11.3 Å². The van der Waals surface area contributed by atoms with E-state index in [2.05, 4.69) is 20.8 Å². The van der Waals surface area contributed by atoms with Crippen LogP contribution in [0.4, 0.5) is 0 Å². The number of esters is 1. The monoisotopic (exact) mass is 250 g/mol. The zero-order valence-electron chi connectivity index (χ0n) is 12.2. The van der Waals surface area contributed by atoms with Crippen molar-refractivity contribution in [1.29, 1.82) is 0 Å². The number of carbonyl (C=O) groups is 1. The third-order valence-electron chi connectivity index (χ3n) is 6.59. The third-order valence-corrected chi connectivity index (χ3v) is 6.59. The van der Waals surface area contributed by atoms with Gasteiger partial charge in [-0.1, -0.05) is 27.2 Å². The minimum Gasteiger partial charge on any atom is -0.469 e. The standard InChI is InChI=1S/C16H26O2/c1-15(2)8-5-9-16(3)11-7-6-10(12(11)15)13(16)14(17)18-4/h10-13H,5-9H2,1-4H3/t10-,11-,12-,13+,16-/m0/s1. The number of methoxy groups -OCH3 is 1. The van der Waals surface area contributed by atoms with Crippen LogP contribution in [0.3, 0.4) is 0 Å². The Kier molecular flexibility index (Phi) is 2.60. The smallest absolute Gasteiger partial charge is 0.309 e. The summed E-state index contributed by atoms with van der Waals surface area (Å²) in [5.74, 6) is 2.32. The first kappa shape index (κ1) is 12.5. The SMILES string of the molecule is COC(=O)[C@H]1[C@H]2CC[C@H]3[C@H]2C(C)(C)CCC[C@@]31C. The van der Waals surface area contributed by atoms with Gasteiger partial charge < -0.3 is 4.74 Å². The van der Waals surface area contributed by atoms with Crippen molar-refractivity contribution in [2.24, 2.45) is 34.5 Å². The molecule has 0 radical (unpaired) electrons. The molecule has 0 spiro atoms. The highest BCUT2D eigenvalue weighted by molar-refractivity contribution is 5.74. The fourth-order valence-electron chi connectivity index (χ4n) is 5.99. The highest BCUT2D eigenvalue weighted by Gasteiger charge is 2.67. The maximum atomic E-state index is 12.3. The molecule has 0 N–H and O–H groups in total. The summed E-state index contributed by atoms with van der Waals surface area (Å²) in [6.07, 6.45) is 6.40. The van der Waals surface area contributed by atoms with Gasteiger partial charge in [-0.15, -0.1) is 0 Å². The van der Waals surface area contributed by atoms with E-state index in [1.807, 2.05) is 0 Å². The van der Waals surface area contributed by atoms with Crippen molar-refractivity contribution in [3.63, 3.8) is 0 Å². The quantitative estimate of drug-likeness (QED) is 0.664. The first-order valence-electron chi connectivity index (χ1n) is 7.49. The zero-order valence-corrected chi connectivity index (χ0v) is 12.2. The minimum absolute atomic E-state index is 0.0624. The van der Waals surface area contributed by atoms with Gasteiger partial charge in [0.2, 0.25) is 0 Å². The first-order valence-corrected chi connectivity index (χ1v) is 7.49. The van der Waals surface area contributed by atoms with Crippen LogP contribution in [0.25, 0.3) is 0 Å². The van der Waals surface area contributed by atoms with Crippen LogP contribution in [0.5, 0.6) is 0 Å². The Hall–Kier alpha value is -0.530. The Morgan fingerprint density at radius 1 is 1.17 bits per heavy atom. The molecule has 0 aromatic heterocycles. The van der Waals surface area contributed by atoms with E-state index in [1.165, 1.54) is 32.1 Å². The maximum Gasteiger partial charge on any atom is 0.309 e. The van der Waals surface area contributed by atoms with Crippen LogP contribution in [-0.4, -0.2) is 13.1 Å². The molecule has 0 aliphatic heterocycles. The Labute approximate surface area is 110 Å². The Morgan fingerprint density at radius 3 is 2.56 bits per heavy atom. The van der Waals surface area contributed by atoms with Crippen molar-refractivity contribution in [1.82, 2.24) is 0 Å². The second-order valence-corrected chi connectivity index (χ2v) is 7.72. The molecular weight excluding hydrogens is 224 g/mol. The van der Waals surface area contributed by atoms with Crippen LogP contribution >= 0.6 is 0 Å². The lowest BCUT2D eigenvalue weighted by molar-refractivity contribution is -0.153. The molecule has 5 atom stereocenters. The van der Waals surface area contributed by atoms with E-state index in [0.717, 1.165) is 11.8 Å². The molecule has 2 heteroatoms. The van der Waals surface area contributed by atoms with Crippen molar-refractivity contribution in [2.75, 3.05) is 7.11 Å². The molecular formula is C16H26O2. The summed E-state index contributed by atoms with van der Waals surface area (Å²) in [7, 11) is 1.56. The third kappa shape index (κ3) is 1.38. The highest BCUT2D eigenvalue weighted by atomic mass is 16.5. The lowest BCUT2D eigenvalue weighted by Crippen LogP contribution is -2.39. The maximum absolute atomic E-state index is 12.3. The van der Waals surface area contributed by atoms with E-state index in [4.69, 9.17) is 4.74 Å². The van der Waals surface area contributed by atoms with E-state index in [9.17, 15) is 4.79 Å². The van der Waals surface area contributed by atoms with Crippen LogP contribution in [0.1, 0.15) is 52.9 Å². The average molecular weight is 250 g/mol. The molecule has 2 nitrogen and oxygen atoms in total. The molecule has 0 unspecified atom stereocenters. The van der Waals surface area contributed by atoms with Crippen LogP contribution in [-0.2, 0) is 9.53 Å². The molecule has 3 rings (SSSR count). The Balaban J connectivity index is 2.05. The largest absolute Gasteiger partial charge is 0.469 e. The summed E-state index contributed by atoms with van der Waals surface area (Å²) >= 11 is 0. The molecule has 3 saturated carbocycles. The van der Waals surface area contributed by atoms with Crippen LogP contribution in [0.15, 0.2) is 0 Å². The molecule has 18 heavy (non-hydrogen) atoms. The van der Waals surface area contributed by atoms with Gasteiger partial charge in [0, 0.05) is 0 Å². The summed E-state index contributed by atoms with van der Waals surface area (Å²) < 4.78 is 5.13. The lowest BCUT2D eigenvalue weighted by atomic mass is 9.65. The number of hydrogen-bond donors (Lipinski definition) is 0. The predicted octanol–water partition coefficient (Wildman–Crippen LogP) is 3.65. The van der Waals surface area contributed by atoms with Gasteiger partial charge in [-0.3, -0.25) is 4.79 Å². The van der Waals surface area contributed by atoms with Crippen LogP contribution in [0, 0.1) is 34.5 Å². The topological polar surface area (TPSA) is 26.3 Å². The van der Waals surface area contributed by atoms with Gasteiger partial charge in [0.05, 0.1) is 13.0 Å². The van der Waals surface area contributed by atoms with Crippen molar-refractivity contribution >= 4 is 5.97 Å². The number of carbonyl (C=O) groups excluding carboxylic acids is 1. The molecule has 0 aromatic carbocycles. The normalized spacial score (nSPS) is 48.9. The van der Waals surface area contributed by atoms with Gasteiger partial charge >= 0.3 is 5.97 Å². The van der Waals surface area contributed by atoms with E-state index in [1.54, 1.807) is 7.11 Å². The zero-order chi connectivity index (χ0) is 13.1. The number of hydrogen-bond acceptors (Lipinski definition) is 2. The molecule has 0 heterocycles. The van der Waals surface area contributed by atoms with Crippen molar-refractivity contribution < 1.29 is 9.53 Å². The van der Waals surface area contributed by atoms with Crippen molar-refractivity contribution in [3.8, 4) is 0 Å². The number of rotatable bonds is 1. The average Bonchev–Trinajstić information content (AvgIpc) is 2.79. The molecule has 0 amide bonds. The molecule has 4 bridgehead atoms. The summed E-state index contributed by atoms with van der Waals surface area (Å²) in [4.78, 5) is 12.3. The van der Waals surface area contributed by atoms with E-state index in [-0.39, 0.29) is 17.3 Å². The Morgan fingerprint density at radius 2 is 1.89 bits per heavy atom. The minimum atomic E-state index is 0.0624. The van der Waals surface area contributed by atoms with Gasteiger partial charge in [0.25, 0.3) is 0 Å². The first-order chi connectivity index (χ1) is 8.42. The second kappa shape index (κ2) is 3.74. The van der Waals surface area contributed by atoms with Gasteiger partial charge in [-0.2, -0.15) is 0 Å². The van der Waals surface area contributed by atoms with E-state index >= 15 is 0 Å². The van der Waals surface area contributed by atoms with Crippen LogP contribution < -0.4 is 0 Å². The summed E-state index contributed by atoms with van der Waals surface area (Å²) in [6, 6.07) is 0. The lowest BCUT2D eigenvalue weighted by Gasteiger charge is -2.39.